The van der Waals surface area contributed by atoms with Crippen LogP contribution < -0.4 is 14.8 Å². The predicted molar refractivity (Wildman–Crippen MR) is 120 cm³/mol. The third-order valence-electron chi connectivity index (χ3n) is 4.56. The van der Waals surface area contributed by atoms with Crippen LogP contribution in [0.25, 0.3) is 10.7 Å². The molecule has 0 aliphatic carbocycles. The Balaban J connectivity index is 1.18. The molecular weight excluding hydrogens is 428 g/mol. The first-order valence-corrected chi connectivity index (χ1v) is 11.0. The van der Waals surface area contributed by atoms with Crippen molar-refractivity contribution in [1.29, 1.82) is 0 Å². The molecule has 0 saturated heterocycles. The summed E-state index contributed by atoms with van der Waals surface area (Å²) in [6.07, 6.45) is 3.24. The molecule has 4 aromatic rings. The Morgan fingerprint density at radius 2 is 2.06 bits per heavy atom. The zero-order chi connectivity index (χ0) is 22.2. The number of rotatable bonds is 10. The highest BCUT2D eigenvalue weighted by Gasteiger charge is 2.10. The number of pyridine rings is 1. The molecule has 164 valence electrons. The summed E-state index contributed by atoms with van der Waals surface area (Å²) in [5.74, 6) is 2.91. The Hall–Kier alpha value is -3.72. The predicted octanol–water partition coefficient (Wildman–Crippen LogP) is 4.63. The topological polar surface area (TPSA) is 99.4 Å². The van der Waals surface area contributed by atoms with Gasteiger partial charge >= 0.3 is 0 Å². The van der Waals surface area contributed by atoms with Gasteiger partial charge in [0.05, 0.1) is 12.0 Å². The van der Waals surface area contributed by atoms with E-state index in [0.29, 0.717) is 54.9 Å². The highest BCUT2D eigenvalue weighted by molar-refractivity contribution is 7.13. The van der Waals surface area contributed by atoms with Gasteiger partial charge in [-0.05, 0) is 35.6 Å². The minimum Gasteiger partial charge on any atom is -0.497 e. The van der Waals surface area contributed by atoms with Gasteiger partial charge in [-0.15, -0.1) is 11.3 Å². The van der Waals surface area contributed by atoms with E-state index in [1.165, 1.54) is 0 Å². The molecule has 32 heavy (non-hydrogen) atoms. The van der Waals surface area contributed by atoms with Crippen LogP contribution in [0.2, 0.25) is 0 Å². The number of ether oxygens (including phenoxy) is 2. The van der Waals surface area contributed by atoms with E-state index in [2.05, 4.69) is 20.4 Å². The third-order valence-corrected chi connectivity index (χ3v) is 5.42. The average Bonchev–Trinajstić information content (AvgIpc) is 3.51. The Bertz CT molecular complexity index is 1140. The van der Waals surface area contributed by atoms with Crippen LogP contribution in [0.5, 0.6) is 17.4 Å². The molecule has 1 aromatic carbocycles. The zero-order valence-corrected chi connectivity index (χ0v) is 18.3. The number of carbonyl (C=O) groups is 1. The van der Waals surface area contributed by atoms with E-state index >= 15 is 0 Å². The number of aromatic nitrogens is 3. The summed E-state index contributed by atoms with van der Waals surface area (Å²) in [5, 5.41) is 8.84. The van der Waals surface area contributed by atoms with Crippen molar-refractivity contribution in [3.8, 4) is 28.1 Å². The molecule has 0 radical (unpaired) electrons. The Labute approximate surface area is 189 Å². The highest BCUT2D eigenvalue weighted by Crippen LogP contribution is 2.24. The molecule has 0 saturated carbocycles. The van der Waals surface area contributed by atoms with Crippen molar-refractivity contribution in [2.75, 3.05) is 7.11 Å². The molecule has 3 aromatic heterocycles. The zero-order valence-electron chi connectivity index (χ0n) is 17.5. The molecule has 1 N–H and O–H groups in total. The minimum absolute atomic E-state index is 0.0419. The summed E-state index contributed by atoms with van der Waals surface area (Å²) >= 11 is 1.56. The monoisotopic (exact) mass is 450 g/mol. The van der Waals surface area contributed by atoms with Crippen LogP contribution in [0, 0.1) is 0 Å². The van der Waals surface area contributed by atoms with Gasteiger partial charge in [0, 0.05) is 37.7 Å². The number of hydrogen-bond donors (Lipinski definition) is 1. The van der Waals surface area contributed by atoms with Gasteiger partial charge in [-0.1, -0.05) is 23.4 Å². The van der Waals surface area contributed by atoms with E-state index in [-0.39, 0.29) is 5.91 Å². The molecule has 4 rings (SSSR count). The number of nitrogens with one attached hydrogen (secondary N) is 1. The van der Waals surface area contributed by atoms with E-state index in [0.717, 1.165) is 10.4 Å². The molecule has 0 spiro atoms. The Morgan fingerprint density at radius 1 is 1.16 bits per heavy atom. The first-order chi connectivity index (χ1) is 15.7. The molecule has 0 bridgehead atoms. The van der Waals surface area contributed by atoms with Crippen molar-refractivity contribution >= 4 is 17.2 Å². The van der Waals surface area contributed by atoms with Gasteiger partial charge in [0.1, 0.15) is 11.5 Å². The molecule has 0 atom stereocenters. The van der Waals surface area contributed by atoms with E-state index in [4.69, 9.17) is 14.0 Å². The van der Waals surface area contributed by atoms with E-state index in [1.807, 2.05) is 41.8 Å². The fraction of sp³-hybridized carbons (Fsp3) is 0.217. The van der Waals surface area contributed by atoms with E-state index in [1.54, 1.807) is 36.8 Å². The van der Waals surface area contributed by atoms with Gasteiger partial charge in [-0.25, -0.2) is 4.98 Å². The maximum atomic E-state index is 12.1. The number of benzene rings is 1. The van der Waals surface area contributed by atoms with Crippen molar-refractivity contribution in [2.45, 2.75) is 25.8 Å². The number of methoxy groups -OCH3 is 1. The van der Waals surface area contributed by atoms with Crippen molar-refractivity contribution in [3.05, 3.63) is 71.6 Å². The Kier molecular flexibility index (Phi) is 7.08. The van der Waals surface area contributed by atoms with Crippen LogP contribution in [0.1, 0.15) is 24.3 Å². The van der Waals surface area contributed by atoms with Crippen LogP contribution in [-0.4, -0.2) is 28.1 Å². The lowest BCUT2D eigenvalue weighted by Crippen LogP contribution is -2.22. The summed E-state index contributed by atoms with van der Waals surface area (Å²) in [5.41, 5.74) is 0.883. The molecule has 9 heteroatoms. The molecule has 3 heterocycles. The molecule has 0 unspecified atom stereocenters. The fourth-order valence-corrected chi connectivity index (χ4v) is 3.56. The van der Waals surface area contributed by atoms with Crippen molar-refractivity contribution in [3.63, 3.8) is 0 Å². The van der Waals surface area contributed by atoms with Gasteiger partial charge in [0.15, 0.2) is 0 Å². The summed E-state index contributed by atoms with van der Waals surface area (Å²) in [7, 11) is 1.60. The first-order valence-electron chi connectivity index (χ1n) is 10.1. The van der Waals surface area contributed by atoms with Crippen molar-refractivity contribution < 1.29 is 18.8 Å². The van der Waals surface area contributed by atoms with Gasteiger partial charge in [-0.3, -0.25) is 4.79 Å². The standard InChI is InChI=1S/C23H22N4O4S/c1-29-17-5-2-6-18(13-17)30-21-11-10-16(15-25-21)14-24-20(28)8-3-9-22-26-23(27-31-22)19-7-4-12-32-19/h2,4-7,10-13,15H,3,8-9,14H2,1H3,(H,24,28). The fourth-order valence-electron chi connectivity index (χ4n) is 2.91. The number of nitrogens with zero attached hydrogens (tertiary/aromatic N) is 3. The summed E-state index contributed by atoms with van der Waals surface area (Å²) in [4.78, 5) is 21.8. The number of amides is 1. The Morgan fingerprint density at radius 3 is 2.84 bits per heavy atom. The maximum Gasteiger partial charge on any atom is 0.226 e. The van der Waals surface area contributed by atoms with Crippen molar-refractivity contribution in [1.82, 2.24) is 20.4 Å². The van der Waals surface area contributed by atoms with Crippen LogP contribution >= 0.6 is 11.3 Å². The summed E-state index contributed by atoms with van der Waals surface area (Å²) in [6.45, 7) is 0.397. The lowest BCUT2D eigenvalue weighted by Gasteiger charge is -2.08. The maximum absolute atomic E-state index is 12.1. The van der Waals surface area contributed by atoms with Crippen molar-refractivity contribution in [2.24, 2.45) is 0 Å². The second-order valence-corrected chi connectivity index (χ2v) is 7.85. The summed E-state index contributed by atoms with van der Waals surface area (Å²) in [6, 6.07) is 14.8. The van der Waals surface area contributed by atoms with Gasteiger partial charge < -0.3 is 19.3 Å². The number of carbonyl (C=O) groups excluding carboxylic acids is 1. The van der Waals surface area contributed by atoms with E-state index in [9.17, 15) is 4.79 Å². The number of thiophene rings is 1. The normalized spacial score (nSPS) is 10.7. The highest BCUT2D eigenvalue weighted by atomic mass is 32.1. The lowest BCUT2D eigenvalue weighted by molar-refractivity contribution is -0.121. The van der Waals surface area contributed by atoms with Gasteiger partial charge in [-0.2, -0.15) is 4.98 Å². The van der Waals surface area contributed by atoms with Crippen LogP contribution in [0.3, 0.4) is 0 Å². The minimum atomic E-state index is -0.0419. The largest absolute Gasteiger partial charge is 0.497 e. The molecule has 0 fully saturated rings. The molecule has 0 aliphatic heterocycles. The molecule has 0 aliphatic rings. The molecule has 1 amide bonds. The number of hydrogen-bond acceptors (Lipinski definition) is 8. The molecular formula is C23H22N4O4S. The second-order valence-electron chi connectivity index (χ2n) is 6.91. The lowest BCUT2D eigenvalue weighted by atomic mass is 10.2. The quantitative estimate of drug-likeness (QED) is 0.376. The SMILES string of the molecule is COc1cccc(Oc2ccc(CNC(=O)CCCc3nc(-c4cccs4)no3)cn2)c1. The van der Waals surface area contributed by atoms with Gasteiger partial charge in [0.2, 0.25) is 23.5 Å². The van der Waals surface area contributed by atoms with Crippen LogP contribution in [-0.2, 0) is 17.8 Å². The number of aryl methyl sites for hydroxylation is 1. The van der Waals surface area contributed by atoms with Crippen LogP contribution in [0.4, 0.5) is 0 Å². The summed E-state index contributed by atoms with van der Waals surface area (Å²) < 4.78 is 16.2. The first kappa shape index (κ1) is 21.5. The smallest absolute Gasteiger partial charge is 0.226 e. The third kappa shape index (κ3) is 5.92. The second kappa shape index (κ2) is 10.5. The molecule has 8 nitrogen and oxygen atoms in total. The van der Waals surface area contributed by atoms with Gasteiger partial charge in [0.25, 0.3) is 0 Å². The van der Waals surface area contributed by atoms with E-state index < -0.39 is 0 Å². The average molecular weight is 451 g/mol. The van der Waals surface area contributed by atoms with Crippen LogP contribution in [0.15, 0.2) is 64.6 Å².